The van der Waals surface area contributed by atoms with Crippen LogP contribution < -0.4 is 10.2 Å². The van der Waals surface area contributed by atoms with Crippen LogP contribution in [0, 0.1) is 0 Å². The standard InChI is InChI=1S/C26H29N5O2S/c1-4-30(19(2)3)22-14-12-21(13-15-22)27-24(32)18-34-26-29-28-25(23-11-8-16-33-23)31(26)17-20-9-6-5-7-10-20/h5-16,19H,4,17-18H2,1-3H3,(H,27,32). The van der Waals surface area contributed by atoms with Crippen LogP contribution in [0.5, 0.6) is 0 Å². The molecule has 0 aliphatic heterocycles. The number of hydrogen-bond donors (Lipinski definition) is 1. The van der Waals surface area contributed by atoms with E-state index in [4.69, 9.17) is 4.42 Å². The molecule has 0 spiro atoms. The van der Waals surface area contributed by atoms with Gasteiger partial charge in [-0.1, -0.05) is 42.1 Å². The van der Waals surface area contributed by atoms with E-state index in [1.807, 2.05) is 59.2 Å². The fourth-order valence-corrected chi connectivity index (χ4v) is 4.54. The number of hydrogen-bond acceptors (Lipinski definition) is 6. The van der Waals surface area contributed by atoms with Crippen molar-refractivity contribution in [2.75, 3.05) is 22.5 Å². The number of benzene rings is 2. The summed E-state index contributed by atoms with van der Waals surface area (Å²) in [7, 11) is 0. The first-order chi connectivity index (χ1) is 16.5. The Kier molecular flexibility index (Phi) is 7.69. The molecule has 0 radical (unpaired) electrons. The molecular weight excluding hydrogens is 446 g/mol. The maximum atomic E-state index is 12.7. The number of thioether (sulfide) groups is 1. The maximum absolute atomic E-state index is 12.7. The molecule has 4 rings (SSSR count). The van der Waals surface area contributed by atoms with E-state index >= 15 is 0 Å². The van der Waals surface area contributed by atoms with Crippen LogP contribution in [0.25, 0.3) is 11.6 Å². The number of rotatable bonds is 10. The van der Waals surface area contributed by atoms with Gasteiger partial charge in [0.25, 0.3) is 0 Å². The van der Waals surface area contributed by atoms with Crippen molar-refractivity contribution in [1.82, 2.24) is 14.8 Å². The van der Waals surface area contributed by atoms with E-state index in [2.05, 4.69) is 53.3 Å². The van der Waals surface area contributed by atoms with Crippen LogP contribution in [0.1, 0.15) is 26.3 Å². The Morgan fingerprint density at radius 2 is 1.82 bits per heavy atom. The van der Waals surface area contributed by atoms with E-state index in [0.29, 0.717) is 29.3 Å². The Morgan fingerprint density at radius 3 is 2.47 bits per heavy atom. The Morgan fingerprint density at radius 1 is 1.06 bits per heavy atom. The van der Waals surface area contributed by atoms with Gasteiger partial charge in [-0.25, -0.2) is 0 Å². The third kappa shape index (κ3) is 5.69. The summed E-state index contributed by atoms with van der Waals surface area (Å²) in [6, 6.07) is 22.1. The molecule has 1 N–H and O–H groups in total. The summed E-state index contributed by atoms with van der Waals surface area (Å²) < 4.78 is 7.53. The molecule has 8 heteroatoms. The van der Waals surface area contributed by atoms with Crippen LogP contribution in [0.2, 0.25) is 0 Å². The van der Waals surface area contributed by atoms with Gasteiger partial charge in [-0.15, -0.1) is 10.2 Å². The zero-order valence-electron chi connectivity index (χ0n) is 19.6. The van der Waals surface area contributed by atoms with Gasteiger partial charge in [0.05, 0.1) is 18.6 Å². The average molecular weight is 476 g/mol. The third-order valence-electron chi connectivity index (χ3n) is 5.42. The molecule has 2 aromatic carbocycles. The molecule has 2 heterocycles. The number of nitrogens with zero attached hydrogens (tertiary/aromatic N) is 4. The van der Waals surface area contributed by atoms with E-state index in [1.54, 1.807) is 6.26 Å². The smallest absolute Gasteiger partial charge is 0.234 e. The Labute approximate surface area is 204 Å². The molecule has 176 valence electrons. The summed E-state index contributed by atoms with van der Waals surface area (Å²) in [5.74, 6) is 1.41. The van der Waals surface area contributed by atoms with Crippen molar-refractivity contribution in [1.29, 1.82) is 0 Å². The molecule has 4 aromatic rings. The van der Waals surface area contributed by atoms with Gasteiger partial charge < -0.3 is 14.6 Å². The van der Waals surface area contributed by atoms with Gasteiger partial charge in [0, 0.05) is 24.0 Å². The number of carbonyl (C=O) groups excluding carboxylic acids is 1. The molecule has 7 nitrogen and oxygen atoms in total. The van der Waals surface area contributed by atoms with E-state index in [-0.39, 0.29) is 11.7 Å². The van der Waals surface area contributed by atoms with Gasteiger partial charge >= 0.3 is 0 Å². The highest BCUT2D eigenvalue weighted by Crippen LogP contribution is 2.26. The van der Waals surface area contributed by atoms with Crippen molar-refractivity contribution < 1.29 is 9.21 Å². The molecule has 0 atom stereocenters. The fraction of sp³-hybridized carbons (Fsp3) is 0.269. The second-order valence-corrected chi connectivity index (χ2v) is 9.06. The predicted molar refractivity (Wildman–Crippen MR) is 137 cm³/mol. The molecule has 0 saturated heterocycles. The largest absolute Gasteiger partial charge is 0.461 e. The van der Waals surface area contributed by atoms with E-state index in [0.717, 1.165) is 23.5 Å². The highest BCUT2D eigenvalue weighted by atomic mass is 32.2. The summed E-state index contributed by atoms with van der Waals surface area (Å²) in [5.41, 5.74) is 3.03. The van der Waals surface area contributed by atoms with Crippen LogP contribution in [-0.4, -0.2) is 39.0 Å². The number of aromatic nitrogens is 3. The van der Waals surface area contributed by atoms with Gasteiger partial charge in [-0.3, -0.25) is 9.36 Å². The third-order valence-corrected chi connectivity index (χ3v) is 6.39. The van der Waals surface area contributed by atoms with Gasteiger partial charge in [-0.2, -0.15) is 0 Å². The first kappa shape index (κ1) is 23.6. The molecule has 0 bridgehead atoms. The van der Waals surface area contributed by atoms with Crippen LogP contribution >= 0.6 is 11.8 Å². The van der Waals surface area contributed by atoms with Crippen LogP contribution in [0.15, 0.2) is 82.6 Å². The van der Waals surface area contributed by atoms with Gasteiger partial charge in [0.15, 0.2) is 10.9 Å². The lowest BCUT2D eigenvalue weighted by molar-refractivity contribution is -0.113. The van der Waals surface area contributed by atoms with Crippen molar-refractivity contribution in [3.63, 3.8) is 0 Å². The van der Waals surface area contributed by atoms with Gasteiger partial charge in [-0.05, 0) is 62.7 Å². The Bertz CT molecular complexity index is 1190. The molecule has 0 aliphatic carbocycles. The highest BCUT2D eigenvalue weighted by molar-refractivity contribution is 7.99. The van der Waals surface area contributed by atoms with Crippen molar-refractivity contribution in [2.45, 2.75) is 38.5 Å². The molecule has 0 fully saturated rings. The maximum Gasteiger partial charge on any atom is 0.234 e. The lowest BCUT2D eigenvalue weighted by Crippen LogP contribution is -2.30. The highest BCUT2D eigenvalue weighted by Gasteiger charge is 2.18. The van der Waals surface area contributed by atoms with Crippen molar-refractivity contribution in [3.05, 3.63) is 78.6 Å². The second kappa shape index (κ2) is 11.1. The number of nitrogens with one attached hydrogen (secondary N) is 1. The SMILES string of the molecule is CCN(c1ccc(NC(=O)CSc2nnc(-c3ccco3)n2Cc2ccccc2)cc1)C(C)C. The normalized spacial score (nSPS) is 11.1. The van der Waals surface area contributed by atoms with E-state index in [1.165, 1.54) is 11.8 Å². The quantitative estimate of drug-likeness (QED) is 0.303. The first-order valence-corrected chi connectivity index (χ1v) is 12.3. The van der Waals surface area contributed by atoms with Crippen molar-refractivity contribution >= 4 is 29.0 Å². The number of carbonyl (C=O) groups is 1. The predicted octanol–water partition coefficient (Wildman–Crippen LogP) is 5.55. The topological polar surface area (TPSA) is 76.2 Å². The summed E-state index contributed by atoms with van der Waals surface area (Å²) >= 11 is 1.35. The first-order valence-electron chi connectivity index (χ1n) is 11.4. The van der Waals surface area contributed by atoms with Crippen LogP contribution in [0.4, 0.5) is 11.4 Å². The lowest BCUT2D eigenvalue weighted by atomic mass is 10.2. The van der Waals surface area contributed by atoms with Gasteiger partial charge in [0.2, 0.25) is 11.7 Å². The molecule has 0 aliphatic rings. The minimum absolute atomic E-state index is 0.0947. The fourth-order valence-electron chi connectivity index (χ4n) is 3.80. The molecule has 2 aromatic heterocycles. The van der Waals surface area contributed by atoms with E-state index in [9.17, 15) is 4.79 Å². The zero-order valence-corrected chi connectivity index (χ0v) is 20.5. The summed E-state index contributed by atoms with van der Waals surface area (Å²) in [5, 5.41) is 12.3. The minimum Gasteiger partial charge on any atom is -0.461 e. The molecule has 0 unspecified atom stereocenters. The molecule has 34 heavy (non-hydrogen) atoms. The summed E-state index contributed by atoms with van der Waals surface area (Å²) in [6.07, 6.45) is 1.61. The van der Waals surface area contributed by atoms with Crippen LogP contribution in [-0.2, 0) is 11.3 Å². The Balaban J connectivity index is 1.43. The van der Waals surface area contributed by atoms with Gasteiger partial charge in [0.1, 0.15) is 0 Å². The summed E-state index contributed by atoms with van der Waals surface area (Å²) in [6.45, 7) is 8.00. The summed E-state index contributed by atoms with van der Waals surface area (Å²) in [4.78, 5) is 15.0. The molecule has 1 amide bonds. The van der Waals surface area contributed by atoms with Crippen molar-refractivity contribution in [2.24, 2.45) is 0 Å². The minimum atomic E-state index is -0.0947. The van der Waals surface area contributed by atoms with Crippen molar-refractivity contribution in [3.8, 4) is 11.6 Å². The average Bonchev–Trinajstić information content (AvgIpc) is 3.50. The number of furan rings is 1. The molecular formula is C26H29N5O2S. The monoisotopic (exact) mass is 475 g/mol. The lowest BCUT2D eigenvalue weighted by Gasteiger charge is -2.27. The van der Waals surface area contributed by atoms with Crippen LogP contribution in [0.3, 0.4) is 0 Å². The number of amides is 1. The zero-order chi connectivity index (χ0) is 23.9. The number of anilines is 2. The molecule has 0 saturated carbocycles. The van der Waals surface area contributed by atoms with E-state index < -0.39 is 0 Å². The second-order valence-electron chi connectivity index (χ2n) is 8.12. The Hall–Kier alpha value is -3.52.